The van der Waals surface area contributed by atoms with E-state index in [0.29, 0.717) is 16.4 Å². The van der Waals surface area contributed by atoms with Gasteiger partial charge < -0.3 is 9.64 Å². The van der Waals surface area contributed by atoms with Gasteiger partial charge in [-0.25, -0.2) is 15.0 Å². The molecule has 14 heteroatoms. The van der Waals surface area contributed by atoms with Crippen LogP contribution in [0.1, 0.15) is 44.0 Å². The zero-order valence-corrected chi connectivity index (χ0v) is 25.3. The van der Waals surface area contributed by atoms with E-state index in [1.165, 1.54) is 62.0 Å². The van der Waals surface area contributed by atoms with Gasteiger partial charge in [-0.3, -0.25) is 18.7 Å². The highest BCUT2D eigenvalue weighted by molar-refractivity contribution is 7.80. The summed E-state index contributed by atoms with van der Waals surface area (Å²) < 4.78 is 46.7. The number of thiol groups is 1. The molecule has 0 amide bonds. The number of hydrogen-bond donors (Lipinski definition) is 1. The lowest BCUT2D eigenvalue weighted by molar-refractivity contribution is -0.146. The topological polar surface area (TPSA) is 95.1 Å². The van der Waals surface area contributed by atoms with Crippen molar-refractivity contribution in [3.05, 3.63) is 75.6 Å². The fourth-order valence-corrected chi connectivity index (χ4v) is 6.37. The van der Waals surface area contributed by atoms with E-state index in [4.69, 9.17) is 4.74 Å². The Morgan fingerprint density at radius 1 is 1.00 bits per heavy atom. The highest BCUT2D eigenvalue weighted by Crippen LogP contribution is 2.36. The first kappa shape index (κ1) is 30.5. The van der Waals surface area contributed by atoms with Crippen LogP contribution in [0.15, 0.2) is 63.5 Å². The summed E-state index contributed by atoms with van der Waals surface area (Å²) in [6.07, 6.45) is 5.43. The van der Waals surface area contributed by atoms with E-state index in [9.17, 15) is 22.8 Å². The molecule has 0 spiro atoms. The summed E-state index contributed by atoms with van der Waals surface area (Å²) in [6, 6.07) is 7.86. The van der Waals surface area contributed by atoms with Gasteiger partial charge in [0.2, 0.25) is 5.82 Å². The number of aromatic nitrogens is 5. The van der Waals surface area contributed by atoms with Gasteiger partial charge in [0, 0.05) is 32.5 Å². The molecule has 1 aliphatic rings. The smallest absolute Gasteiger partial charge is 0.450 e. The van der Waals surface area contributed by atoms with Gasteiger partial charge in [0.05, 0.1) is 40.6 Å². The molecule has 5 aromatic rings. The molecule has 1 aromatic carbocycles. The van der Waals surface area contributed by atoms with Crippen LogP contribution in [0.2, 0.25) is 0 Å². The maximum Gasteiger partial charge on any atom is 0.450 e. The van der Waals surface area contributed by atoms with E-state index in [1.54, 1.807) is 12.5 Å². The third kappa shape index (κ3) is 6.11. The van der Waals surface area contributed by atoms with E-state index in [-0.39, 0.29) is 16.1 Å². The third-order valence-electron chi connectivity index (χ3n) is 7.26. The number of methoxy groups -OCH3 is 1. The zero-order chi connectivity index (χ0) is 30.9. The molecule has 4 heterocycles. The first-order chi connectivity index (χ1) is 20.5. The van der Waals surface area contributed by atoms with E-state index in [2.05, 4.69) is 27.6 Å². The number of alkyl halides is 3. The molecule has 9 nitrogen and oxygen atoms in total. The molecule has 0 N–H and O–H groups in total. The fourth-order valence-electron chi connectivity index (χ4n) is 5.16. The molecule has 1 fully saturated rings. The number of hydrogen-bond acceptors (Lipinski definition) is 9. The minimum Gasteiger partial charge on any atom is -0.497 e. The number of nitrogens with zero attached hydrogens (tertiary/aromatic N) is 6. The number of ether oxygens (including phenoxy) is 1. The Kier molecular flexibility index (Phi) is 8.79. The van der Waals surface area contributed by atoms with Crippen LogP contribution in [0.3, 0.4) is 0 Å². The van der Waals surface area contributed by atoms with Crippen LogP contribution >= 0.6 is 24.0 Å². The Balaban J connectivity index is 0.000000173. The second-order valence-corrected chi connectivity index (χ2v) is 11.7. The van der Waals surface area contributed by atoms with Gasteiger partial charge in [-0.2, -0.15) is 13.2 Å². The SMILES string of the molecule is CN(C)c1ccnc2sc3c(=O)n(C4CCCCC4)cnc3c12.COc1ccc(-n2c(C(F)(F)F)ncc(S)c2=O)cc1. The Bertz CT molecular complexity index is 1880. The molecule has 226 valence electrons. The lowest BCUT2D eigenvalue weighted by Crippen LogP contribution is -2.28. The predicted molar refractivity (Wildman–Crippen MR) is 164 cm³/mol. The Morgan fingerprint density at radius 3 is 2.33 bits per heavy atom. The van der Waals surface area contributed by atoms with Crippen molar-refractivity contribution >= 4 is 50.1 Å². The van der Waals surface area contributed by atoms with Crippen LogP contribution in [0.5, 0.6) is 5.75 Å². The monoisotopic (exact) mass is 630 g/mol. The van der Waals surface area contributed by atoms with Crippen molar-refractivity contribution in [2.45, 2.75) is 49.2 Å². The van der Waals surface area contributed by atoms with Crippen molar-refractivity contribution in [1.82, 2.24) is 24.1 Å². The van der Waals surface area contributed by atoms with Crippen molar-refractivity contribution in [2.75, 3.05) is 26.1 Å². The van der Waals surface area contributed by atoms with Gasteiger partial charge in [-0.1, -0.05) is 19.3 Å². The molecule has 6 rings (SSSR count). The summed E-state index contributed by atoms with van der Waals surface area (Å²) in [4.78, 5) is 40.0. The predicted octanol–water partition coefficient (Wildman–Crippen LogP) is 6.13. The molecule has 0 bridgehead atoms. The van der Waals surface area contributed by atoms with Gasteiger partial charge in [0.15, 0.2) is 0 Å². The van der Waals surface area contributed by atoms with Gasteiger partial charge in [0.1, 0.15) is 15.3 Å². The third-order valence-corrected chi connectivity index (χ3v) is 8.64. The molecule has 1 aliphatic carbocycles. The van der Waals surface area contributed by atoms with Gasteiger partial charge in [-0.05, 0) is 43.2 Å². The van der Waals surface area contributed by atoms with Crippen LogP contribution < -0.4 is 20.8 Å². The summed E-state index contributed by atoms with van der Waals surface area (Å²) in [5, 5.41) is 0.991. The number of halogens is 3. The number of thiophene rings is 1. The largest absolute Gasteiger partial charge is 0.497 e. The summed E-state index contributed by atoms with van der Waals surface area (Å²) in [6.45, 7) is 0. The van der Waals surface area contributed by atoms with Crippen molar-refractivity contribution in [3.63, 3.8) is 0 Å². The van der Waals surface area contributed by atoms with Crippen molar-refractivity contribution in [3.8, 4) is 11.4 Å². The molecule has 0 radical (unpaired) electrons. The molecular weight excluding hydrogens is 601 g/mol. The average Bonchev–Trinajstić information content (AvgIpc) is 3.39. The Hall–Kier alpha value is -3.91. The van der Waals surface area contributed by atoms with Crippen molar-refractivity contribution < 1.29 is 17.9 Å². The van der Waals surface area contributed by atoms with E-state index in [0.717, 1.165) is 45.2 Å². The highest BCUT2D eigenvalue weighted by Gasteiger charge is 2.37. The van der Waals surface area contributed by atoms with Gasteiger partial charge in [0.25, 0.3) is 11.1 Å². The Labute approximate surface area is 254 Å². The van der Waals surface area contributed by atoms with Crippen LogP contribution in [0.25, 0.3) is 26.1 Å². The van der Waals surface area contributed by atoms with Crippen LogP contribution in [-0.4, -0.2) is 45.3 Å². The minimum absolute atomic E-state index is 0.0338. The number of benzene rings is 1. The molecule has 0 atom stereocenters. The minimum atomic E-state index is -4.75. The summed E-state index contributed by atoms with van der Waals surface area (Å²) in [5.41, 5.74) is 1.09. The summed E-state index contributed by atoms with van der Waals surface area (Å²) in [7, 11) is 5.43. The van der Waals surface area contributed by atoms with Gasteiger partial charge >= 0.3 is 6.18 Å². The van der Waals surface area contributed by atoms with Crippen molar-refractivity contribution in [1.29, 1.82) is 0 Å². The van der Waals surface area contributed by atoms with E-state index >= 15 is 0 Å². The molecule has 0 aliphatic heterocycles. The Morgan fingerprint density at radius 2 is 1.70 bits per heavy atom. The zero-order valence-electron chi connectivity index (χ0n) is 23.6. The lowest BCUT2D eigenvalue weighted by atomic mass is 9.95. The second-order valence-electron chi connectivity index (χ2n) is 10.2. The molecule has 1 saturated carbocycles. The summed E-state index contributed by atoms with van der Waals surface area (Å²) in [5.74, 6) is -0.837. The summed E-state index contributed by atoms with van der Waals surface area (Å²) >= 11 is 5.28. The molecule has 0 unspecified atom stereocenters. The maximum atomic E-state index is 13.0. The van der Waals surface area contributed by atoms with Crippen LogP contribution in [0.4, 0.5) is 18.9 Å². The average molecular weight is 631 g/mol. The first-order valence-electron chi connectivity index (χ1n) is 13.5. The molecule has 43 heavy (non-hydrogen) atoms. The van der Waals surface area contributed by atoms with Crippen LogP contribution in [-0.2, 0) is 6.18 Å². The molecule has 4 aromatic heterocycles. The normalized spacial score (nSPS) is 14.0. The number of pyridine rings is 1. The molecular formula is C29H29F3N6O3S2. The quantitative estimate of drug-likeness (QED) is 0.239. The standard InChI is InChI=1S/C17H20N4OS.C12H9F3N2O2S/c1-20(2)12-8-9-18-16-13(12)14-15(23-16)17(22)21(10-19-14)11-6-4-3-5-7-11;1-19-8-4-2-7(3-5-8)17-10(18)9(20)6-16-11(17)12(13,14)15/h8-11H,3-7H2,1-2H3;2-6,20H,1H3. The van der Waals surface area contributed by atoms with E-state index < -0.39 is 17.6 Å². The van der Waals surface area contributed by atoms with Crippen molar-refractivity contribution in [2.24, 2.45) is 0 Å². The van der Waals surface area contributed by atoms with Crippen LogP contribution in [0, 0.1) is 0 Å². The maximum absolute atomic E-state index is 13.0. The second kappa shape index (κ2) is 12.4. The molecule has 0 saturated heterocycles. The lowest BCUT2D eigenvalue weighted by Gasteiger charge is -2.23. The number of anilines is 1. The van der Waals surface area contributed by atoms with E-state index in [1.807, 2.05) is 29.6 Å². The first-order valence-corrected chi connectivity index (χ1v) is 14.8. The highest BCUT2D eigenvalue weighted by atomic mass is 32.1. The van der Waals surface area contributed by atoms with Gasteiger partial charge in [-0.15, -0.1) is 24.0 Å². The number of fused-ring (bicyclic) bond motifs is 3. The fraction of sp³-hybridized carbons (Fsp3) is 0.345. The number of rotatable bonds is 4.